The van der Waals surface area contributed by atoms with Crippen LogP contribution in [0.5, 0.6) is 0 Å². The maximum absolute atomic E-state index is 14.0. The number of carbonyl (C=O) groups excluding carboxylic acids is 1. The van der Waals surface area contributed by atoms with Gasteiger partial charge in [-0.3, -0.25) is 14.7 Å². The minimum absolute atomic E-state index is 0.0193. The molecule has 2 fully saturated rings. The molecule has 1 aliphatic carbocycles. The van der Waals surface area contributed by atoms with Crippen LogP contribution in [0.15, 0.2) is 43.0 Å². The number of likely N-dealkylation sites (tertiary alicyclic amines) is 1. The van der Waals surface area contributed by atoms with Crippen LogP contribution in [0.3, 0.4) is 0 Å². The molecule has 9 nitrogen and oxygen atoms in total. The summed E-state index contributed by atoms with van der Waals surface area (Å²) < 4.78 is 82.8. The minimum atomic E-state index is -5.00. The number of piperidine rings is 1. The Kier molecular flexibility index (Phi) is 10.9. The third-order valence-electron chi connectivity index (χ3n) is 9.90. The molecule has 2 aromatic heterocycles. The number of rotatable bonds is 10. The largest absolute Gasteiger partial charge is 0.481 e. The van der Waals surface area contributed by atoms with E-state index in [0.717, 1.165) is 12.1 Å². The third kappa shape index (κ3) is 8.53. The van der Waals surface area contributed by atoms with E-state index in [1.165, 1.54) is 12.4 Å². The molecule has 2 atom stereocenters. The molecule has 5 rings (SSSR count). The van der Waals surface area contributed by atoms with Gasteiger partial charge < -0.3 is 14.9 Å². The van der Waals surface area contributed by atoms with Crippen molar-refractivity contribution < 1.29 is 41.0 Å². The molecule has 1 aromatic carbocycles. The fourth-order valence-electron chi connectivity index (χ4n) is 7.36. The van der Waals surface area contributed by atoms with Crippen molar-refractivity contribution in [3.63, 3.8) is 0 Å². The van der Waals surface area contributed by atoms with Crippen molar-refractivity contribution in [3.8, 4) is 11.1 Å². The molecule has 15 heteroatoms. The Morgan fingerprint density at radius 2 is 1.45 bits per heavy atom. The van der Waals surface area contributed by atoms with E-state index in [9.17, 15) is 41.0 Å². The van der Waals surface area contributed by atoms with Crippen LogP contribution in [0.25, 0.3) is 11.1 Å². The van der Waals surface area contributed by atoms with Crippen LogP contribution in [-0.2, 0) is 28.5 Å². The lowest BCUT2D eigenvalue weighted by Gasteiger charge is -2.49. The van der Waals surface area contributed by atoms with E-state index in [0.29, 0.717) is 62.5 Å². The molecular formula is C34H40F6N6O3. The summed E-state index contributed by atoms with van der Waals surface area (Å²) in [7, 11) is 0. The number of H-pyrrole nitrogens is 1. The number of aromatic amines is 1. The Balaban J connectivity index is 1.46. The molecule has 2 aliphatic rings. The Bertz CT molecular complexity index is 1530. The average molecular weight is 695 g/mol. The van der Waals surface area contributed by atoms with E-state index in [2.05, 4.69) is 20.2 Å². The zero-order chi connectivity index (χ0) is 35.5. The summed E-state index contributed by atoms with van der Waals surface area (Å²) in [5.74, 6) is -0.877. The molecule has 0 spiro atoms. The highest BCUT2D eigenvalue weighted by molar-refractivity contribution is 5.80. The first-order chi connectivity index (χ1) is 23.2. The first-order valence-corrected chi connectivity index (χ1v) is 16.6. The zero-order valence-corrected chi connectivity index (χ0v) is 27.3. The number of carboxylic acid groups (broad SMARTS) is 1. The lowest BCUT2D eigenvalue weighted by atomic mass is 9.78. The zero-order valence-electron chi connectivity index (χ0n) is 27.3. The van der Waals surface area contributed by atoms with Gasteiger partial charge in [-0.2, -0.15) is 31.4 Å². The second kappa shape index (κ2) is 14.8. The molecule has 2 unspecified atom stereocenters. The Morgan fingerprint density at radius 3 is 1.92 bits per heavy atom. The molecule has 0 bridgehead atoms. The second-order valence-electron chi connectivity index (χ2n) is 13.1. The van der Waals surface area contributed by atoms with Crippen LogP contribution in [0.4, 0.5) is 32.3 Å². The van der Waals surface area contributed by atoms with E-state index in [1.54, 1.807) is 17.3 Å². The number of alkyl halides is 6. The van der Waals surface area contributed by atoms with Gasteiger partial charge >= 0.3 is 18.3 Å². The Hall–Kier alpha value is -4.17. The standard InChI is InChI=1S/C34H40F6N6O3/c1-3-27-13-29(14-28(4-2)46(27)31(49)22-7-5-20(6-8-22)11-30(47)48)45(32-41-15-23(16-42-32)24-17-43-44-18-24)19-21-9-25(33(35,36)37)12-26(10-21)34(38,39)40/h9-10,12,15-18,20,22,27-29H,3-8,11,13-14,19H2,1-2H3,(H,43,44)(H,47,48). The maximum atomic E-state index is 14.0. The minimum Gasteiger partial charge on any atom is -0.481 e. The van der Waals surface area contributed by atoms with Crippen molar-refractivity contribution in [2.45, 2.75) is 109 Å². The normalized spacial score (nSPS) is 23.3. The predicted molar refractivity (Wildman–Crippen MR) is 168 cm³/mol. The molecule has 3 aromatic rings. The van der Waals surface area contributed by atoms with Gasteiger partial charge in [0.15, 0.2) is 0 Å². The van der Waals surface area contributed by atoms with Crippen molar-refractivity contribution >= 4 is 17.8 Å². The molecule has 1 amide bonds. The fraction of sp³-hybridized carbons (Fsp3) is 0.559. The van der Waals surface area contributed by atoms with Gasteiger partial charge in [0.05, 0.1) is 17.3 Å². The topological polar surface area (TPSA) is 115 Å². The molecule has 1 saturated heterocycles. The highest BCUT2D eigenvalue weighted by Crippen LogP contribution is 2.40. The summed E-state index contributed by atoms with van der Waals surface area (Å²) in [6, 6.07) is 0.685. The van der Waals surface area contributed by atoms with Crippen molar-refractivity contribution in [2.24, 2.45) is 11.8 Å². The van der Waals surface area contributed by atoms with Gasteiger partial charge in [-0.05, 0) is 81.0 Å². The number of carboxylic acids is 1. The molecule has 3 heterocycles. The molecule has 1 saturated carbocycles. The summed E-state index contributed by atoms with van der Waals surface area (Å²) in [5, 5.41) is 15.8. The smallest absolute Gasteiger partial charge is 0.416 e. The van der Waals surface area contributed by atoms with Gasteiger partial charge in [0.2, 0.25) is 11.9 Å². The van der Waals surface area contributed by atoms with Crippen molar-refractivity contribution in [3.05, 3.63) is 59.7 Å². The second-order valence-corrected chi connectivity index (χ2v) is 13.1. The number of hydrogen-bond donors (Lipinski definition) is 2. The van der Waals surface area contributed by atoms with Gasteiger partial charge in [0, 0.05) is 66.7 Å². The summed E-state index contributed by atoms with van der Waals surface area (Å²) >= 11 is 0. The van der Waals surface area contributed by atoms with Gasteiger partial charge in [-0.15, -0.1) is 0 Å². The van der Waals surface area contributed by atoms with Crippen LogP contribution in [-0.4, -0.2) is 60.2 Å². The van der Waals surface area contributed by atoms with Gasteiger partial charge in [0.1, 0.15) is 0 Å². The van der Waals surface area contributed by atoms with Crippen LogP contribution >= 0.6 is 0 Å². The average Bonchev–Trinajstić information content (AvgIpc) is 3.61. The van der Waals surface area contributed by atoms with Gasteiger partial charge in [-0.25, -0.2) is 9.97 Å². The molecule has 1 aliphatic heterocycles. The molecule has 0 radical (unpaired) electrons. The van der Waals surface area contributed by atoms with E-state index < -0.39 is 35.5 Å². The Labute approximate surface area is 280 Å². The summed E-state index contributed by atoms with van der Waals surface area (Å²) in [6.45, 7) is 3.58. The number of nitrogens with zero attached hydrogens (tertiary/aromatic N) is 5. The number of amides is 1. The Morgan fingerprint density at radius 1 is 0.878 bits per heavy atom. The van der Waals surface area contributed by atoms with E-state index in [-0.39, 0.29) is 60.4 Å². The van der Waals surface area contributed by atoms with Crippen LogP contribution in [0.1, 0.15) is 88.3 Å². The lowest BCUT2D eigenvalue weighted by Crippen LogP contribution is -2.58. The molecular weight excluding hydrogens is 654 g/mol. The summed E-state index contributed by atoms with van der Waals surface area (Å²) in [4.78, 5) is 37.8. The van der Waals surface area contributed by atoms with Crippen LogP contribution in [0.2, 0.25) is 0 Å². The highest BCUT2D eigenvalue weighted by atomic mass is 19.4. The molecule has 49 heavy (non-hydrogen) atoms. The van der Waals surface area contributed by atoms with Crippen molar-refractivity contribution in [2.75, 3.05) is 4.90 Å². The monoisotopic (exact) mass is 694 g/mol. The number of halogens is 6. The van der Waals surface area contributed by atoms with E-state index >= 15 is 0 Å². The first-order valence-electron chi connectivity index (χ1n) is 16.6. The maximum Gasteiger partial charge on any atom is 0.416 e. The lowest BCUT2D eigenvalue weighted by molar-refractivity contribution is -0.145. The first kappa shape index (κ1) is 36.1. The number of anilines is 1. The SMILES string of the molecule is CCC1CC(N(Cc2cc(C(F)(F)F)cc(C(F)(F)F)c2)c2ncc(-c3cn[nH]c3)cn2)CC(CC)N1C(=O)C1CCC(CC(=O)O)CC1. The quantitative estimate of drug-likeness (QED) is 0.209. The third-order valence-corrected chi connectivity index (χ3v) is 9.90. The van der Waals surface area contributed by atoms with Gasteiger partial charge in [0.25, 0.3) is 0 Å². The fourth-order valence-corrected chi connectivity index (χ4v) is 7.36. The number of hydrogen-bond acceptors (Lipinski definition) is 6. The summed E-state index contributed by atoms with van der Waals surface area (Å²) in [5.41, 5.74) is -1.67. The summed E-state index contributed by atoms with van der Waals surface area (Å²) in [6.07, 6.45) is 0.858. The van der Waals surface area contributed by atoms with Gasteiger partial charge in [-0.1, -0.05) is 13.8 Å². The van der Waals surface area contributed by atoms with E-state index in [4.69, 9.17) is 0 Å². The number of benzene rings is 1. The highest BCUT2D eigenvalue weighted by Gasteiger charge is 2.43. The number of nitrogens with one attached hydrogen (secondary N) is 1. The van der Waals surface area contributed by atoms with Crippen molar-refractivity contribution in [1.82, 2.24) is 25.1 Å². The van der Waals surface area contributed by atoms with Crippen LogP contribution < -0.4 is 4.90 Å². The predicted octanol–water partition coefficient (Wildman–Crippen LogP) is 7.74. The molecule has 266 valence electrons. The van der Waals surface area contributed by atoms with Crippen molar-refractivity contribution in [1.29, 1.82) is 0 Å². The number of aromatic nitrogens is 4. The van der Waals surface area contributed by atoms with E-state index in [1.807, 2.05) is 18.7 Å². The molecule has 2 N–H and O–H groups in total. The number of carbonyl (C=O) groups is 2. The number of aliphatic carboxylic acids is 1. The van der Waals surface area contributed by atoms with Crippen LogP contribution in [0, 0.1) is 11.8 Å².